The van der Waals surface area contributed by atoms with E-state index in [4.69, 9.17) is 10.8 Å². The summed E-state index contributed by atoms with van der Waals surface area (Å²) >= 11 is 1.51. The predicted molar refractivity (Wildman–Crippen MR) is 107 cm³/mol. The molecule has 2 atom stereocenters. The van der Waals surface area contributed by atoms with Crippen LogP contribution in [0, 0.1) is 0 Å². The van der Waals surface area contributed by atoms with E-state index in [1.165, 1.54) is 11.8 Å². The number of hydrogen-bond donors (Lipinski definition) is 5. The maximum atomic E-state index is 12.7. The van der Waals surface area contributed by atoms with Crippen LogP contribution in [0.4, 0.5) is 0 Å². The Morgan fingerprint density at radius 2 is 1.75 bits per heavy atom. The molecule has 0 aliphatic heterocycles. The molecule has 0 aromatic heterocycles. The first-order valence-corrected chi connectivity index (χ1v) is 10.1. The number of carboxylic acid groups (broad SMARTS) is 1. The minimum Gasteiger partial charge on any atom is -0.480 e. The summed E-state index contributed by atoms with van der Waals surface area (Å²) in [6.45, 7) is -0.810. The molecular weight excluding hydrogens is 384 g/mol. The van der Waals surface area contributed by atoms with E-state index in [-0.39, 0.29) is 13.0 Å². The van der Waals surface area contributed by atoms with Crippen LogP contribution in [0.2, 0.25) is 0 Å². The van der Waals surface area contributed by atoms with Crippen molar-refractivity contribution in [1.82, 2.24) is 16.0 Å². The molecule has 0 radical (unpaired) electrons. The Balaban J connectivity index is 2.90. The smallest absolute Gasteiger partial charge is 0.322 e. The van der Waals surface area contributed by atoms with Gasteiger partial charge in [0.1, 0.15) is 18.6 Å². The molecule has 1 aromatic rings. The van der Waals surface area contributed by atoms with Gasteiger partial charge in [-0.05, 0) is 24.0 Å². The summed E-state index contributed by atoms with van der Waals surface area (Å²) < 4.78 is 0. The molecule has 0 saturated carbocycles. The van der Waals surface area contributed by atoms with Crippen molar-refractivity contribution in [3.63, 3.8) is 0 Å². The van der Waals surface area contributed by atoms with Gasteiger partial charge in [0.15, 0.2) is 0 Å². The van der Waals surface area contributed by atoms with Gasteiger partial charge in [-0.15, -0.1) is 0 Å². The number of hydrogen-bond acceptors (Lipinski definition) is 6. The fraction of sp³-hybridized carbons (Fsp3) is 0.444. The maximum Gasteiger partial charge on any atom is 0.322 e. The Morgan fingerprint density at radius 3 is 2.32 bits per heavy atom. The first-order chi connectivity index (χ1) is 13.4. The zero-order chi connectivity index (χ0) is 20.9. The van der Waals surface area contributed by atoms with E-state index < -0.39 is 42.3 Å². The molecule has 0 spiro atoms. The third-order valence-corrected chi connectivity index (χ3v) is 4.42. The van der Waals surface area contributed by atoms with Gasteiger partial charge >= 0.3 is 5.97 Å². The molecule has 1 rings (SSSR count). The number of benzene rings is 1. The molecule has 0 saturated heterocycles. The summed E-state index contributed by atoms with van der Waals surface area (Å²) in [5, 5.41) is 16.2. The molecule has 154 valence electrons. The minimum absolute atomic E-state index is 0.179. The van der Waals surface area contributed by atoms with E-state index >= 15 is 0 Å². The summed E-state index contributed by atoms with van der Waals surface area (Å²) in [5.74, 6) is -2.18. The zero-order valence-corrected chi connectivity index (χ0v) is 16.5. The highest BCUT2D eigenvalue weighted by molar-refractivity contribution is 7.98. The molecule has 0 bridgehead atoms. The fourth-order valence-electron chi connectivity index (χ4n) is 2.38. The third kappa shape index (κ3) is 8.87. The van der Waals surface area contributed by atoms with Gasteiger partial charge in [0.05, 0.1) is 6.54 Å². The molecule has 3 amide bonds. The lowest BCUT2D eigenvalue weighted by molar-refractivity contribution is -0.138. The summed E-state index contributed by atoms with van der Waals surface area (Å²) in [6.07, 6.45) is 2.42. The van der Waals surface area contributed by atoms with Gasteiger partial charge in [-0.1, -0.05) is 30.3 Å². The highest BCUT2D eigenvalue weighted by Gasteiger charge is 2.26. The number of carboxylic acids is 1. The van der Waals surface area contributed by atoms with Gasteiger partial charge in [0, 0.05) is 6.42 Å². The molecular formula is C18H26N4O5S. The van der Waals surface area contributed by atoms with Gasteiger partial charge < -0.3 is 26.8 Å². The van der Waals surface area contributed by atoms with Crippen molar-refractivity contribution in [2.75, 3.05) is 25.1 Å². The van der Waals surface area contributed by atoms with Crippen LogP contribution in [0.1, 0.15) is 12.0 Å². The second-order valence-electron chi connectivity index (χ2n) is 5.97. The predicted octanol–water partition coefficient (Wildman–Crippen LogP) is -0.889. The average Bonchev–Trinajstić information content (AvgIpc) is 2.69. The highest BCUT2D eigenvalue weighted by atomic mass is 32.2. The van der Waals surface area contributed by atoms with Gasteiger partial charge in [-0.3, -0.25) is 19.2 Å². The Labute approximate surface area is 167 Å². The lowest BCUT2D eigenvalue weighted by Gasteiger charge is -2.23. The topological polar surface area (TPSA) is 151 Å². The molecule has 0 heterocycles. The summed E-state index contributed by atoms with van der Waals surface area (Å²) in [4.78, 5) is 47.4. The third-order valence-electron chi connectivity index (χ3n) is 3.78. The second kappa shape index (κ2) is 12.7. The first-order valence-electron chi connectivity index (χ1n) is 8.69. The van der Waals surface area contributed by atoms with Crippen molar-refractivity contribution in [3.05, 3.63) is 35.9 Å². The summed E-state index contributed by atoms with van der Waals surface area (Å²) in [6, 6.07) is 7.19. The summed E-state index contributed by atoms with van der Waals surface area (Å²) in [5.41, 5.74) is 6.10. The van der Waals surface area contributed by atoms with Gasteiger partial charge in [-0.2, -0.15) is 11.8 Å². The molecule has 10 heteroatoms. The van der Waals surface area contributed by atoms with Crippen LogP contribution in [0.15, 0.2) is 30.3 Å². The van der Waals surface area contributed by atoms with Crippen LogP contribution in [0.3, 0.4) is 0 Å². The molecule has 0 aliphatic rings. The van der Waals surface area contributed by atoms with Crippen molar-refractivity contribution in [1.29, 1.82) is 0 Å². The van der Waals surface area contributed by atoms with Crippen molar-refractivity contribution >= 4 is 35.5 Å². The summed E-state index contributed by atoms with van der Waals surface area (Å²) in [7, 11) is 0. The van der Waals surface area contributed by atoms with E-state index in [2.05, 4.69) is 16.0 Å². The van der Waals surface area contributed by atoms with Crippen LogP contribution in [0.5, 0.6) is 0 Å². The minimum atomic E-state index is -1.19. The molecule has 28 heavy (non-hydrogen) atoms. The second-order valence-corrected chi connectivity index (χ2v) is 6.95. The Morgan fingerprint density at radius 1 is 1.07 bits per heavy atom. The van der Waals surface area contributed by atoms with Crippen molar-refractivity contribution in [2.24, 2.45) is 5.73 Å². The SMILES string of the molecule is CSCCC(NC(=O)CN)C(=O)NC(Cc1ccccc1)C(=O)NCC(=O)O. The van der Waals surface area contributed by atoms with Crippen LogP contribution in [-0.4, -0.2) is 66.0 Å². The van der Waals surface area contributed by atoms with Gasteiger partial charge in [0.25, 0.3) is 0 Å². The van der Waals surface area contributed by atoms with Crippen molar-refractivity contribution < 1.29 is 24.3 Å². The number of thioether (sulfide) groups is 1. The molecule has 0 fully saturated rings. The van der Waals surface area contributed by atoms with E-state index in [0.29, 0.717) is 12.2 Å². The van der Waals surface area contributed by atoms with E-state index in [1.54, 1.807) is 24.3 Å². The number of rotatable bonds is 12. The number of nitrogens with one attached hydrogen (secondary N) is 3. The zero-order valence-electron chi connectivity index (χ0n) is 15.6. The molecule has 0 aliphatic carbocycles. The van der Waals surface area contributed by atoms with Crippen molar-refractivity contribution in [3.8, 4) is 0 Å². The number of amides is 3. The maximum absolute atomic E-state index is 12.7. The molecule has 9 nitrogen and oxygen atoms in total. The number of nitrogens with two attached hydrogens (primary N) is 1. The van der Waals surface area contributed by atoms with Crippen LogP contribution >= 0.6 is 11.8 Å². The number of aliphatic carboxylic acids is 1. The largest absolute Gasteiger partial charge is 0.480 e. The molecule has 2 unspecified atom stereocenters. The Hall–Kier alpha value is -2.59. The number of carbonyl (C=O) groups excluding carboxylic acids is 3. The molecule has 6 N–H and O–H groups in total. The fourth-order valence-corrected chi connectivity index (χ4v) is 2.85. The average molecular weight is 410 g/mol. The quantitative estimate of drug-likeness (QED) is 0.300. The lowest BCUT2D eigenvalue weighted by Crippen LogP contribution is -2.55. The highest BCUT2D eigenvalue weighted by Crippen LogP contribution is 2.06. The monoisotopic (exact) mass is 410 g/mol. The standard InChI is InChI=1S/C18H26N4O5S/c1-28-8-7-13(21-15(23)10-19)18(27)22-14(17(26)20-11-16(24)25)9-12-5-3-2-4-6-12/h2-6,13-14H,7-11,19H2,1H3,(H,20,26)(H,21,23)(H,22,27)(H,24,25). The van der Waals surface area contributed by atoms with Crippen LogP contribution < -0.4 is 21.7 Å². The molecule has 1 aromatic carbocycles. The van der Waals surface area contributed by atoms with E-state index in [0.717, 1.165) is 5.56 Å². The number of carbonyl (C=O) groups is 4. The van der Waals surface area contributed by atoms with Gasteiger partial charge in [0.2, 0.25) is 17.7 Å². The van der Waals surface area contributed by atoms with Crippen LogP contribution in [0.25, 0.3) is 0 Å². The first kappa shape index (κ1) is 23.4. The Kier molecular flexibility index (Phi) is 10.7. The van der Waals surface area contributed by atoms with E-state index in [1.807, 2.05) is 12.3 Å². The van der Waals surface area contributed by atoms with Crippen LogP contribution in [-0.2, 0) is 25.6 Å². The normalized spacial score (nSPS) is 12.5. The Bertz CT molecular complexity index is 671. The van der Waals surface area contributed by atoms with Crippen molar-refractivity contribution in [2.45, 2.75) is 24.9 Å². The van der Waals surface area contributed by atoms with Gasteiger partial charge in [-0.25, -0.2) is 0 Å². The van der Waals surface area contributed by atoms with E-state index in [9.17, 15) is 19.2 Å². The lowest BCUT2D eigenvalue weighted by atomic mass is 10.0.